The summed E-state index contributed by atoms with van der Waals surface area (Å²) >= 11 is 0. The Balaban J connectivity index is -0.000000445. The molecule has 0 bridgehead atoms. The van der Waals surface area contributed by atoms with Crippen LogP contribution in [0.4, 0.5) is 0 Å². The second-order valence-electron chi connectivity index (χ2n) is 10.4. The van der Waals surface area contributed by atoms with Crippen molar-refractivity contribution < 1.29 is 33.8 Å². The minimum atomic E-state index is -0.782. The number of carbonyl (C=O) groups is 4. The van der Waals surface area contributed by atoms with E-state index in [0.29, 0.717) is 13.0 Å². The number of carboxylic acids is 1. The number of likely N-dealkylation sites (tertiary alicyclic amines) is 1. The molecule has 0 aromatic rings. The lowest BCUT2D eigenvalue weighted by Gasteiger charge is -2.39. The summed E-state index contributed by atoms with van der Waals surface area (Å²) in [5.74, 6) is -1.15. The van der Waals surface area contributed by atoms with E-state index >= 15 is 0 Å². The first kappa shape index (κ1) is 48.8. The summed E-state index contributed by atoms with van der Waals surface area (Å²) < 4.78 is 11.3. The Labute approximate surface area is 270 Å². The number of methoxy groups -OCH3 is 2. The van der Waals surface area contributed by atoms with Crippen molar-refractivity contribution in [1.29, 1.82) is 0 Å². The molecule has 0 aromatic carbocycles. The van der Waals surface area contributed by atoms with Crippen LogP contribution < -0.4 is 11.1 Å². The van der Waals surface area contributed by atoms with Crippen LogP contribution in [0.2, 0.25) is 0 Å². The summed E-state index contributed by atoms with van der Waals surface area (Å²) in [4.78, 5) is 50.2. The predicted octanol–water partition coefficient (Wildman–Crippen LogP) is 4.60. The van der Waals surface area contributed by atoms with E-state index in [2.05, 4.69) is 19.2 Å². The van der Waals surface area contributed by atoms with E-state index in [0.717, 1.165) is 25.5 Å². The maximum Gasteiger partial charge on any atom is 0.320 e. The number of carboxylic acid groups (broad SMARTS) is 1. The number of likely N-dealkylation sites (N-methyl/N-ethyl adjacent to an activating group) is 2. The fourth-order valence-corrected chi connectivity index (χ4v) is 4.93. The Morgan fingerprint density at radius 2 is 1.57 bits per heavy atom. The molecule has 0 aromatic heterocycles. The molecule has 7 atom stereocenters. The van der Waals surface area contributed by atoms with Gasteiger partial charge in [-0.1, -0.05) is 82.1 Å². The molecule has 1 saturated heterocycles. The van der Waals surface area contributed by atoms with E-state index in [1.165, 1.54) is 6.42 Å². The van der Waals surface area contributed by atoms with Gasteiger partial charge < -0.3 is 40.2 Å². The molecule has 6 unspecified atom stereocenters. The first-order valence-corrected chi connectivity index (χ1v) is 16.6. The van der Waals surface area contributed by atoms with Gasteiger partial charge in [0, 0.05) is 33.7 Å². The summed E-state index contributed by atoms with van der Waals surface area (Å²) in [6.45, 7) is 20.5. The van der Waals surface area contributed by atoms with Gasteiger partial charge in [-0.3, -0.25) is 14.4 Å². The number of hydrogen-bond acceptors (Lipinski definition) is 8. The zero-order valence-corrected chi connectivity index (χ0v) is 30.6. The van der Waals surface area contributed by atoms with Crippen molar-refractivity contribution in [2.24, 2.45) is 17.6 Å². The van der Waals surface area contributed by atoms with Crippen molar-refractivity contribution in [3.05, 3.63) is 0 Å². The lowest BCUT2D eigenvalue weighted by atomic mass is 9.90. The summed E-state index contributed by atoms with van der Waals surface area (Å²) in [5.41, 5.74) is 5.55. The van der Waals surface area contributed by atoms with Crippen molar-refractivity contribution in [2.45, 2.75) is 138 Å². The monoisotopic (exact) mass is 635 g/mol. The first-order valence-electron chi connectivity index (χ1n) is 16.6. The van der Waals surface area contributed by atoms with Gasteiger partial charge in [0.2, 0.25) is 11.8 Å². The number of hydrogen-bond donors (Lipinski definition) is 3. The SMILES string of the molecule is CC.CC.CCC.CCC(C)C(C(CC(=O)N1CCCC1C(OC)C(C)C=O)OC)N(C)C(=O)CN.CC[C@H](NC)C(=O)O. The molecule has 0 spiro atoms. The standard InChI is InChI=1S/C21H39N3O5.C5H11NO2.C3H8.2C2H6/c1-7-14(2)20(23(4)19(27)12-22)17(28-5)11-18(26)24-10-8-9-16(24)21(29-6)15(3)13-25;1-3-4(6-2)5(7)8;1-3-2;2*1-2/h13-17,20-21H,7-12,22H2,1-6H3;4,6H,3H2,1-2H3,(H,7,8);3H2,1-2H3;2*1-2H3/t;4-;;;/m.0.../s1. The Morgan fingerprint density at radius 3 is 1.89 bits per heavy atom. The van der Waals surface area contributed by atoms with Crippen LogP contribution in [0.15, 0.2) is 0 Å². The quantitative estimate of drug-likeness (QED) is 0.220. The Kier molecular flexibility index (Phi) is 34.3. The van der Waals surface area contributed by atoms with Gasteiger partial charge in [-0.25, -0.2) is 0 Å². The normalized spacial score (nSPS) is 17.5. The largest absolute Gasteiger partial charge is 0.480 e. The molecule has 11 heteroatoms. The third kappa shape index (κ3) is 18.0. The van der Waals surface area contributed by atoms with Crippen LogP contribution in [0.1, 0.15) is 108 Å². The molecule has 1 aliphatic heterocycles. The number of ether oxygens (including phenoxy) is 2. The van der Waals surface area contributed by atoms with Gasteiger partial charge in [0.1, 0.15) is 12.3 Å². The van der Waals surface area contributed by atoms with Crippen LogP contribution in [0.3, 0.4) is 0 Å². The summed E-state index contributed by atoms with van der Waals surface area (Å²) in [6.07, 6.45) is 4.67. The van der Waals surface area contributed by atoms with Crippen LogP contribution >= 0.6 is 0 Å². The highest BCUT2D eigenvalue weighted by atomic mass is 16.5. The molecule has 0 aliphatic carbocycles. The molecule has 0 saturated carbocycles. The predicted molar refractivity (Wildman–Crippen MR) is 181 cm³/mol. The average Bonchev–Trinajstić information content (AvgIpc) is 3.53. The summed E-state index contributed by atoms with van der Waals surface area (Å²) in [7, 11) is 6.51. The molecule has 44 heavy (non-hydrogen) atoms. The Bertz CT molecular complexity index is 722. The highest BCUT2D eigenvalue weighted by Gasteiger charge is 2.40. The zero-order valence-electron chi connectivity index (χ0n) is 30.6. The summed E-state index contributed by atoms with van der Waals surface area (Å²) in [5, 5.41) is 11.0. The third-order valence-corrected chi connectivity index (χ3v) is 7.36. The summed E-state index contributed by atoms with van der Waals surface area (Å²) in [6, 6.07) is -0.760. The number of nitrogens with two attached hydrogens (primary N) is 1. The number of aldehydes is 1. The Hall–Kier alpha value is -2.08. The van der Waals surface area contributed by atoms with Gasteiger partial charge in [0.05, 0.1) is 37.3 Å². The lowest BCUT2D eigenvalue weighted by Crippen LogP contribution is -2.53. The Morgan fingerprint density at radius 1 is 1.05 bits per heavy atom. The van der Waals surface area contributed by atoms with Crippen LogP contribution in [0.5, 0.6) is 0 Å². The van der Waals surface area contributed by atoms with E-state index in [9.17, 15) is 19.2 Å². The molecule has 11 nitrogen and oxygen atoms in total. The maximum absolute atomic E-state index is 13.2. The van der Waals surface area contributed by atoms with Crippen molar-refractivity contribution in [3.8, 4) is 0 Å². The van der Waals surface area contributed by atoms with Crippen molar-refractivity contribution in [1.82, 2.24) is 15.1 Å². The van der Waals surface area contributed by atoms with E-state index < -0.39 is 12.1 Å². The highest BCUT2D eigenvalue weighted by molar-refractivity contribution is 5.79. The van der Waals surface area contributed by atoms with Gasteiger partial charge in [0.15, 0.2) is 0 Å². The smallest absolute Gasteiger partial charge is 0.320 e. The number of nitrogens with one attached hydrogen (secondary N) is 1. The molecular weight excluding hydrogens is 564 g/mol. The maximum atomic E-state index is 13.2. The number of carbonyl (C=O) groups excluding carboxylic acids is 3. The minimum Gasteiger partial charge on any atom is -0.480 e. The van der Waals surface area contributed by atoms with Crippen LogP contribution in [-0.2, 0) is 28.7 Å². The van der Waals surface area contributed by atoms with Gasteiger partial charge in [0.25, 0.3) is 0 Å². The zero-order chi connectivity index (χ0) is 35.4. The van der Waals surface area contributed by atoms with Crippen molar-refractivity contribution >= 4 is 24.1 Å². The van der Waals surface area contributed by atoms with Crippen molar-refractivity contribution in [3.63, 3.8) is 0 Å². The van der Waals surface area contributed by atoms with Crippen LogP contribution in [0.25, 0.3) is 0 Å². The number of nitrogens with zero attached hydrogens (tertiary/aromatic N) is 2. The second kappa shape index (κ2) is 30.9. The van der Waals surface area contributed by atoms with Gasteiger partial charge in [-0.2, -0.15) is 0 Å². The number of amides is 2. The fourth-order valence-electron chi connectivity index (χ4n) is 4.93. The van der Waals surface area contributed by atoms with Crippen LogP contribution in [-0.4, -0.2) is 111 Å². The topological polar surface area (TPSA) is 152 Å². The fraction of sp³-hybridized carbons (Fsp3) is 0.879. The van der Waals surface area contributed by atoms with Crippen LogP contribution in [0, 0.1) is 11.8 Å². The number of aliphatic carboxylic acids is 1. The molecule has 2 amide bonds. The molecule has 0 radical (unpaired) electrons. The first-order chi connectivity index (χ1) is 20.9. The molecule has 1 fully saturated rings. The minimum absolute atomic E-state index is 0.0404. The van der Waals surface area contributed by atoms with Gasteiger partial charge in [-0.05, 0) is 32.2 Å². The molecule has 1 aliphatic rings. The number of rotatable bonds is 15. The molecule has 4 N–H and O–H groups in total. The highest BCUT2D eigenvalue weighted by Crippen LogP contribution is 2.28. The van der Waals surface area contributed by atoms with E-state index in [1.54, 1.807) is 33.2 Å². The average molecular weight is 635 g/mol. The van der Waals surface area contributed by atoms with Gasteiger partial charge >= 0.3 is 5.97 Å². The van der Waals surface area contributed by atoms with E-state index in [-0.39, 0.29) is 60.8 Å². The molecule has 1 heterocycles. The molecule has 264 valence electrons. The molecule has 1 rings (SSSR count). The van der Waals surface area contributed by atoms with Gasteiger partial charge in [-0.15, -0.1) is 0 Å². The van der Waals surface area contributed by atoms with E-state index in [4.69, 9.17) is 20.3 Å². The lowest BCUT2D eigenvalue weighted by molar-refractivity contribution is -0.144. The van der Waals surface area contributed by atoms with Crippen molar-refractivity contribution in [2.75, 3.05) is 41.4 Å². The molecular formula is C33H70N4O7. The third-order valence-electron chi connectivity index (χ3n) is 7.36. The van der Waals surface area contributed by atoms with E-state index in [1.807, 2.05) is 60.3 Å². The second-order valence-corrected chi connectivity index (χ2v) is 10.4.